The first-order chi connectivity index (χ1) is 10.9. The van der Waals surface area contributed by atoms with Gasteiger partial charge in [0.05, 0.1) is 12.8 Å². The molecular weight excluding hydrogens is 294 g/mol. The third kappa shape index (κ3) is 2.69. The second kappa shape index (κ2) is 5.68. The van der Waals surface area contributed by atoms with Crippen LogP contribution in [0.15, 0.2) is 28.9 Å². The third-order valence-corrected chi connectivity index (χ3v) is 4.29. The topological polar surface area (TPSA) is 68.3 Å². The first-order valence-electron chi connectivity index (χ1n) is 7.84. The van der Waals surface area contributed by atoms with Crippen LogP contribution in [0.5, 0.6) is 0 Å². The van der Waals surface area contributed by atoms with Crippen LogP contribution >= 0.6 is 0 Å². The van der Waals surface area contributed by atoms with Crippen LogP contribution in [0.1, 0.15) is 37.7 Å². The normalized spacial score (nSPS) is 20.9. The summed E-state index contributed by atoms with van der Waals surface area (Å²) >= 11 is 0. The summed E-state index contributed by atoms with van der Waals surface area (Å²) < 4.78 is 6.96. The number of furan rings is 1. The molecule has 6 heteroatoms. The van der Waals surface area contributed by atoms with Gasteiger partial charge < -0.3 is 14.1 Å². The molecule has 3 rings (SSSR count). The van der Waals surface area contributed by atoms with Crippen molar-refractivity contribution in [2.75, 3.05) is 6.54 Å². The smallest absolute Gasteiger partial charge is 0.273 e. The van der Waals surface area contributed by atoms with E-state index in [0.29, 0.717) is 36.2 Å². The third-order valence-electron chi connectivity index (χ3n) is 4.29. The van der Waals surface area contributed by atoms with E-state index < -0.39 is 5.54 Å². The lowest BCUT2D eigenvalue weighted by Gasteiger charge is -2.41. The van der Waals surface area contributed by atoms with Crippen molar-refractivity contribution < 1.29 is 14.0 Å². The van der Waals surface area contributed by atoms with E-state index in [1.807, 2.05) is 0 Å². The number of nitrogens with zero attached hydrogens (tertiary/aromatic N) is 3. The monoisotopic (exact) mass is 315 g/mol. The van der Waals surface area contributed by atoms with Gasteiger partial charge in [-0.05, 0) is 31.4 Å². The number of carbonyl (C=O) groups excluding carboxylic acids is 2. The van der Waals surface area contributed by atoms with E-state index >= 15 is 0 Å². The van der Waals surface area contributed by atoms with Gasteiger partial charge in [-0.3, -0.25) is 9.48 Å². The summed E-state index contributed by atoms with van der Waals surface area (Å²) in [6.45, 7) is 6.91. The average molecular weight is 315 g/mol. The molecule has 2 aromatic rings. The Morgan fingerprint density at radius 3 is 2.87 bits per heavy atom. The molecule has 0 saturated carbocycles. The summed E-state index contributed by atoms with van der Waals surface area (Å²) in [7, 11) is 0. The highest BCUT2D eigenvalue weighted by atomic mass is 16.3. The van der Waals surface area contributed by atoms with Crippen molar-refractivity contribution in [2.45, 2.75) is 39.3 Å². The molecule has 6 nitrogen and oxygen atoms in total. The van der Waals surface area contributed by atoms with E-state index in [-0.39, 0.29) is 5.91 Å². The molecule has 1 unspecified atom stereocenters. The average Bonchev–Trinajstić information content (AvgIpc) is 3.15. The van der Waals surface area contributed by atoms with E-state index in [1.54, 1.807) is 41.0 Å². The summed E-state index contributed by atoms with van der Waals surface area (Å²) in [6.07, 6.45) is 3.27. The fourth-order valence-corrected chi connectivity index (χ4v) is 2.86. The Bertz CT molecular complexity index is 718. The van der Waals surface area contributed by atoms with Crippen LogP contribution in [-0.4, -0.2) is 39.0 Å². The van der Waals surface area contributed by atoms with Crippen molar-refractivity contribution in [1.82, 2.24) is 14.7 Å². The minimum atomic E-state index is -0.870. The number of aromatic nitrogens is 2. The Morgan fingerprint density at radius 1 is 1.48 bits per heavy atom. The lowest BCUT2D eigenvalue weighted by atomic mass is 9.97. The second-order valence-electron chi connectivity index (χ2n) is 6.66. The molecule has 0 N–H and O–H groups in total. The van der Waals surface area contributed by atoms with E-state index in [4.69, 9.17) is 4.42 Å². The molecular formula is C17H21N3O3. The number of hydrogen-bond acceptors (Lipinski definition) is 4. The maximum absolute atomic E-state index is 12.9. The zero-order valence-electron chi connectivity index (χ0n) is 13.7. The molecule has 0 aliphatic carbocycles. The summed E-state index contributed by atoms with van der Waals surface area (Å²) in [5.74, 6) is 0.919. The minimum absolute atomic E-state index is 0.156. The second-order valence-corrected chi connectivity index (χ2v) is 6.66. The van der Waals surface area contributed by atoms with Gasteiger partial charge in [-0.25, -0.2) is 0 Å². The zero-order chi connectivity index (χ0) is 16.6. The molecule has 0 spiro atoms. The highest BCUT2D eigenvalue weighted by molar-refractivity contribution is 5.97. The van der Waals surface area contributed by atoms with Gasteiger partial charge in [0.2, 0.25) is 0 Å². The van der Waals surface area contributed by atoms with Crippen LogP contribution in [-0.2, 0) is 11.3 Å². The van der Waals surface area contributed by atoms with Crippen LogP contribution in [0.25, 0.3) is 11.5 Å². The molecule has 0 aromatic carbocycles. The van der Waals surface area contributed by atoms with Gasteiger partial charge in [0.1, 0.15) is 23.2 Å². The van der Waals surface area contributed by atoms with Gasteiger partial charge in [-0.1, -0.05) is 13.8 Å². The highest BCUT2D eigenvalue weighted by Gasteiger charge is 2.42. The van der Waals surface area contributed by atoms with Gasteiger partial charge in [0, 0.05) is 12.6 Å². The van der Waals surface area contributed by atoms with Crippen LogP contribution in [0.2, 0.25) is 0 Å². The Morgan fingerprint density at radius 2 is 2.26 bits per heavy atom. The van der Waals surface area contributed by atoms with Crippen molar-refractivity contribution in [2.24, 2.45) is 5.92 Å². The summed E-state index contributed by atoms with van der Waals surface area (Å²) in [4.78, 5) is 26.2. The highest BCUT2D eigenvalue weighted by Crippen LogP contribution is 2.29. The Hall–Kier alpha value is -2.37. The summed E-state index contributed by atoms with van der Waals surface area (Å²) in [5, 5.41) is 4.43. The molecule has 1 atom stereocenters. The minimum Gasteiger partial charge on any atom is -0.463 e. The number of fused-ring (bicyclic) bond motifs is 1. The molecule has 1 amide bonds. The van der Waals surface area contributed by atoms with E-state index in [9.17, 15) is 9.59 Å². The van der Waals surface area contributed by atoms with Gasteiger partial charge in [0.15, 0.2) is 5.76 Å². The molecule has 23 heavy (non-hydrogen) atoms. The summed E-state index contributed by atoms with van der Waals surface area (Å²) in [6, 6.07) is 5.31. The molecule has 2 aromatic heterocycles. The molecule has 1 aliphatic heterocycles. The van der Waals surface area contributed by atoms with Gasteiger partial charge >= 0.3 is 0 Å². The maximum Gasteiger partial charge on any atom is 0.273 e. The first-order valence-corrected chi connectivity index (χ1v) is 7.84. The predicted molar refractivity (Wildman–Crippen MR) is 84.9 cm³/mol. The Labute approximate surface area is 135 Å². The fraction of sp³-hybridized carbons (Fsp3) is 0.471. The van der Waals surface area contributed by atoms with Gasteiger partial charge in [-0.2, -0.15) is 5.10 Å². The van der Waals surface area contributed by atoms with E-state index in [2.05, 4.69) is 18.9 Å². The number of carbonyl (C=O) groups is 2. The van der Waals surface area contributed by atoms with Crippen molar-refractivity contribution in [1.29, 1.82) is 0 Å². The van der Waals surface area contributed by atoms with Crippen molar-refractivity contribution >= 4 is 12.2 Å². The lowest BCUT2D eigenvalue weighted by Crippen LogP contribution is -2.58. The van der Waals surface area contributed by atoms with E-state index in [1.165, 1.54) is 0 Å². The number of rotatable bonds is 5. The van der Waals surface area contributed by atoms with E-state index in [0.717, 1.165) is 12.7 Å². The molecule has 0 saturated heterocycles. The summed E-state index contributed by atoms with van der Waals surface area (Å²) in [5.41, 5.74) is 0.239. The molecule has 122 valence electrons. The van der Waals surface area contributed by atoms with Gasteiger partial charge in [-0.15, -0.1) is 0 Å². The van der Waals surface area contributed by atoms with Crippen molar-refractivity contribution in [3.05, 3.63) is 30.2 Å². The van der Waals surface area contributed by atoms with Crippen LogP contribution < -0.4 is 0 Å². The quantitative estimate of drug-likeness (QED) is 0.795. The van der Waals surface area contributed by atoms with Crippen molar-refractivity contribution in [3.8, 4) is 11.5 Å². The van der Waals surface area contributed by atoms with Crippen LogP contribution in [0.3, 0.4) is 0 Å². The number of hydrogen-bond donors (Lipinski definition) is 0. The SMILES string of the molecule is CC(C)CCN1C(=O)c2cc(-c3ccco3)nn2CC1(C)C=O. The maximum atomic E-state index is 12.9. The largest absolute Gasteiger partial charge is 0.463 e. The molecule has 3 heterocycles. The molecule has 1 aliphatic rings. The Kier molecular flexibility index (Phi) is 3.83. The van der Waals surface area contributed by atoms with Crippen LogP contribution in [0.4, 0.5) is 0 Å². The van der Waals surface area contributed by atoms with Gasteiger partial charge in [0.25, 0.3) is 5.91 Å². The fourth-order valence-electron chi connectivity index (χ4n) is 2.86. The molecule has 0 bridgehead atoms. The molecule has 0 radical (unpaired) electrons. The molecule has 0 fully saturated rings. The first kappa shape index (κ1) is 15.5. The number of amides is 1. The predicted octanol–water partition coefficient (Wildman–Crippen LogP) is 2.60. The zero-order valence-corrected chi connectivity index (χ0v) is 13.7. The van der Waals surface area contributed by atoms with Crippen LogP contribution in [0, 0.1) is 5.92 Å². The Balaban J connectivity index is 1.97. The number of aldehydes is 1. The lowest BCUT2D eigenvalue weighted by molar-refractivity contribution is -0.118. The standard InChI is InChI=1S/C17H21N3O3/c1-12(2)6-7-19-16(22)14-9-13(15-5-4-8-23-15)18-20(14)10-17(19,3)11-21/h4-5,8-9,11-12H,6-7,10H2,1-3H3. The van der Waals surface area contributed by atoms with Crippen molar-refractivity contribution in [3.63, 3.8) is 0 Å².